The third-order valence-corrected chi connectivity index (χ3v) is 4.54. The Balaban J connectivity index is 1.73. The van der Waals surface area contributed by atoms with Crippen LogP contribution in [-0.4, -0.2) is 24.1 Å². The van der Waals surface area contributed by atoms with Gasteiger partial charge in [0.15, 0.2) is 16.6 Å². The molecule has 0 aliphatic carbocycles. The number of fused-ring (bicyclic) bond motifs is 1. The Morgan fingerprint density at radius 3 is 2.76 bits per heavy atom. The molecule has 0 radical (unpaired) electrons. The second-order valence-corrected chi connectivity index (χ2v) is 6.32. The first kappa shape index (κ1) is 14.3. The molecule has 110 valence electrons. The summed E-state index contributed by atoms with van der Waals surface area (Å²) in [6.07, 6.45) is 0.246. The van der Waals surface area contributed by atoms with Gasteiger partial charge in [0, 0.05) is 9.85 Å². The smallest absolute Gasteiger partial charge is 0.230 e. The number of halogens is 1. The molecule has 0 fully saturated rings. The molecule has 21 heavy (non-hydrogen) atoms. The normalized spacial score (nSPS) is 13.0. The zero-order valence-electron chi connectivity index (χ0n) is 11.3. The quantitative estimate of drug-likeness (QED) is 0.903. The third kappa shape index (κ3) is 3.36. The highest BCUT2D eigenvalue weighted by atomic mass is 79.9. The standard InChI is InChI=1S/C14H13BrN2O3S/c1-8-7-21-14(16-8)17-13(18)5-9-4-11-12(6-10(9)15)20-3-2-19-11/h4,6-7H,2-3,5H2,1H3,(H,16,17,18). The van der Waals surface area contributed by atoms with Gasteiger partial charge in [-0.25, -0.2) is 4.98 Å². The number of nitrogens with zero attached hydrogens (tertiary/aromatic N) is 1. The molecular weight excluding hydrogens is 356 g/mol. The van der Waals surface area contributed by atoms with E-state index in [-0.39, 0.29) is 12.3 Å². The van der Waals surface area contributed by atoms with Crippen molar-refractivity contribution in [3.8, 4) is 11.5 Å². The van der Waals surface area contributed by atoms with E-state index in [4.69, 9.17) is 9.47 Å². The Morgan fingerprint density at radius 1 is 1.38 bits per heavy atom. The topological polar surface area (TPSA) is 60.5 Å². The highest BCUT2D eigenvalue weighted by molar-refractivity contribution is 9.10. The van der Waals surface area contributed by atoms with Crippen LogP contribution in [-0.2, 0) is 11.2 Å². The van der Waals surface area contributed by atoms with Crippen LogP contribution in [0.4, 0.5) is 5.13 Å². The molecule has 1 N–H and O–H groups in total. The molecule has 2 heterocycles. The molecule has 1 aliphatic rings. The van der Waals surface area contributed by atoms with Gasteiger partial charge in [-0.3, -0.25) is 4.79 Å². The molecule has 0 spiro atoms. The molecule has 0 saturated heterocycles. The third-order valence-electron chi connectivity index (χ3n) is 2.93. The van der Waals surface area contributed by atoms with Gasteiger partial charge in [-0.2, -0.15) is 0 Å². The van der Waals surface area contributed by atoms with Crippen molar-refractivity contribution < 1.29 is 14.3 Å². The van der Waals surface area contributed by atoms with Gasteiger partial charge in [-0.15, -0.1) is 11.3 Å². The molecule has 1 aromatic heterocycles. The summed E-state index contributed by atoms with van der Waals surface area (Å²) >= 11 is 4.88. The monoisotopic (exact) mass is 368 g/mol. The van der Waals surface area contributed by atoms with Crippen molar-refractivity contribution in [2.45, 2.75) is 13.3 Å². The maximum atomic E-state index is 12.1. The molecule has 7 heteroatoms. The Labute approximate surface area is 134 Å². The van der Waals surface area contributed by atoms with E-state index in [0.29, 0.717) is 29.8 Å². The predicted octanol–water partition coefficient (Wildman–Crippen LogP) is 3.17. The van der Waals surface area contributed by atoms with Gasteiger partial charge >= 0.3 is 0 Å². The predicted molar refractivity (Wildman–Crippen MR) is 84.3 cm³/mol. The lowest BCUT2D eigenvalue weighted by molar-refractivity contribution is -0.115. The lowest BCUT2D eigenvalue weighted by Crippen LogP contribution is -2.17. The first-order chi connectivity index (χ1) is 10.1. The van der Waals surface area contributed by atoms with Gasteiger partial charge in [0.05, 0.1) is 12.1 Å². The number of thiazole rings is 1. The van der Waals surface area contributed by atoms with E-state index in [9.17, 15) is 4.79 Å². The van der Waals surface area contributed by atoms with Crippen LogP contribution in [0.15, 0.2) is 22.0 Å². The molecular formula is C14H13BrN2O3S. The second kappa shape index (κ2) is 6.03. The molecule has 0 unspecified atom stereocenters. The second-order valence-electron chi connectivity index (χ2n) is 4.61. The summed E-state index contributed by atoms with van der Waals surface area (Å²) in [5, 5.41) is 5.31. The number of amides is 1. The largest absolute Gasteiger partial charge is 0.486 e. The summed E-state index contributed by atoms with van der Waals surface area (Å²) in [5.74, 6) is 1.27. The average Bonchev–Trinajstić information content (AvgIpc) is 2.85. The minimum atomic E-state index is -0.110. The van der Waals surface area contributed by atoms with Gasteiger partial charge in [-0.1, -0.05) is 15.9 Å². The van der Waals surface area contributed by atoms with Crippen molar-refractivity contribution in [1.82, 2.24) is 4.98 Å². The van der Waals surface area contributed by atoms with Gasteiger partial charge in [0.2, 0.25) is 5.91 Å². The maximum absolute atomic E-state index is 12.1. The van der Waals surface area contributed by atoms with E-state index >= 15 is 0 Å². The van der Waals surface area contributed by atoms with E-state index in [1.165, 1.54) is 11.3 Å². The molecule has 0 saturated carbocycles. The Bertz CT molecular complexity index is 687. The van der Waals surface area contributed by atoms with Crippen LogP contribution in [0.25, 0.3) is 0 Å². The molecule has 2 aromatic rings. The number of aryl methyl sites for hydroxylation is 1. The van der Waals surface area contributed by atoms with E-state index in [2.05, 4.69) is 26.2 Å². The summed E-state index contributed by atoms with van der Waals surface area (Å²) < 4.78 is 11.9. The van der Waals surface area contributed by atoms with E-state index < -0.39 is 0 Å². The minimum absolute atomic E-state index is 0.110. The minimum Gasteiger partial charge on any atom is -0.486 e. The van der Waals surface area contributed by atoms with Crippen LogP contribution < -0.4 is 14.8 Å². The van der Waals surface area contributed by atoms with Crippen LogP contribution in [0.2, 0.25) is 0 Å². The fourth-order valence-electron chi connectivity index (χ4n) is 1.99. The molecule has 5 nitrogen and oxygen atoms in total. The molecule has 0 atom stereocenters. The van der Waals surface area contributed by atoms with Crippen LogP contribution >= 0.6 is 27.3 Å². The lowest BCUT2D eigenvalue weighted by atomic mass is 10.1. The highest BCUT2D eigenvalue weighted by Crippen LogP contribution is 2.35. The van der Waals surface area contributed by atoms with Crippen molar-refractivity contribution in [2.75, 3.05) is 18.5 Å². The van der Waals surface area contributed by atoms with Gasteiger partial charge in [0.25, 0.3) is 0 Å². The first-order valence-electron chi connectivity index (χ1n) is 6.42. The van der Waals surface area contributed by atoms with Crippen LogP contribution in [0, 0.1) is 6.92 Å². The van der Waals surface area contributed by atoms with Crippen molar-refractivity contribution in [3.63, 3.8) is 0 Å². The number of anilines is 1. The number of rotatable bonds is 3. The summed E-state index contributed by atoms with van der Waals surface area (Å²) in [4.78, 5) is 16.3. The number of nitrogens with one attached hydrogen (secondary N) is 1. The van der Waals surface area contributed by atoms with Crippen LogP contribution in [0.1, 0.15) is 11.3 Å². The Morgan fingerprint density at radius 2 is 2.10 bits per heavy atom. The molecule has 1 aromatic carbocycles. The zero-order valence-corrected chi connectivity index (χ0v) is 13.7. The molecule has 0 bridgehead atoms. The van der Waals surface area contributed by atoms with Crippen LogP contribution in [0.3, 0.4) is 0 Å². The molecule has 1 amide bonds. The van der Waals surface area contributed by atoms with E-state index in [1.54, 1.807) is 0 Å². The van der Waals surface area contributed by atoms with Crippen LogP contribution in [0.5, 0.6) is 11.5 Å². The van der Waals surface area contributed by atoms with E-state index in [0.717, 1.165) is 15.7 Å². The van der Waals surface area contributed by atoms with Gasteiger partial charge in [-0.05, 0) is 24.6 Å². The number of ether oxygens (including phenoxy) is 2. The molecule has 3 rings (SSSR count). The summed E-state index contributed by atoms with van der Waals surface area (Å²) in [7, 11) is 0. The summed E-state index contributed by atoms with van der Waals surface area (Å²) in [5.41, 5.74) is 1.75. The van der Waals surface area contributed by atoms with Gasteiger partial charge in [0.1, 0.15) is 13.2 Å². The number of carbonyl (C=O) groups is 1. The number of aromatic nitrogens is 1. The first-order valence-corrected chi connectivity index (χ1v) is 8.09. The maximum Gasteiger partial charge on any atom is 0.230 e. The molecule has 1 aliphatic heterocycles. The fraction of sp³-hybridized carbons (Fsp3) is 0.286. The number of hydrogen-bond donors (Lipinski definition) is 1. The summed E-state index contributed by atoms with van der Waals surface area (Å²) in [6, 6.07) is 3.68. The average molecular weight is 369 g/mol. The van der Waals surface area contributed by atoms with Crippen molar-refractivity contribution in [3.05, 3.63) is 33.2 Å². The van der Waals surface area contributed by atoms with Crippen molar-refractivity contribution >= 4 is 38.3 Å². The van der Waals surface area contributed by atoms with Gasteiger partial charge < -0.3 is 14.8 Å². The number of hydrogen-bond acceptors (Lipinski definition) is 5. The Kier molecular flexibility index (Phi) is 4.12. The Hall–Kier alpha value is -1.60. The number of carbonyl (C=O) groups excluding carboxylic acids is 1. The van der Waals surface area contributed by atoms with Crippen molar-refractivity contribution in [1.29, 1.82) is 0 Å². The van der Waals surface area contributed by atoms with Crippen molar-refractivity contribution in [2.24, 2.45) is 0 Å². The lowest BCUT2D eigenvalue weighted by Gasteiger charge is -2.19. The van der Waals surface area contributed by atoms with E-state index in [1.807, 2.05) is 24.4 Å². The summed E-state index contributed by atoms with van der Waals surface area (Å²) in [6.45, 7) is 2.96. The number of benzene rings is 1. The highest BCUT2D eigenvalue weighted by Gasteiger charge is 2.17. The SMILES string of the molecule is Cc1csc(NC(=O)Cc2cc3c(cc2Br)OCCO3)n1. The zero-order chi connectivity index (χ0) is 14.8. The fourth-order valence-corrected chi connectivity index (χ4v) is 3.16.